The quantitative estimate of drug-likeness (QED) is 0.729. The number of anilines is 1. The van der Waals surface area contributed by atoms with Crippen molar-refractivity contribution in [3.63, 3.8) is 0 Å². The lowest BCUT2D eigenvalue weighted by Crippen LogP contribution is -2.20. The lowest BCUT2D eigenvalue weighted by atomic mass is 10.1. The lowest BCUT2D eigenvalue weighted by Gasteiger charge is -2.16. The topological polar surface area (TPSA) is 55.1 Å². The van der Waals surface area contributed by atoms with Crippen LogP contribution in [0.5, 0.6) is 0 Å². The van der Waals surface area contributed by atoms with E-state index < -0.39 is 0 Å². The highest BCUT2D eigenvalue weighted by Crippen LogP contribution is 2.30. The Morgan fingerprint density at radius 1 is 1.28 bits per heavy atom. The van der Waals surface area contributed by atoms with Crippen molar-refractivity contribution in [3.05, 3.63) is 71.6 Å². The van der Waals surface area contributed by atoms with Crippen molar-refractivity contribution in [3.8, 4) is 0 Å². The van der Waals surface area contributed by atoms with Gasteiger partial charge in [0, 0.05) is 25.7 Å². The van der Waals surface area contributed by atoms with E-state index in [4.69, 9.17) is 4.42 Å². The fourth-order valence-electron chi connectivity index (χ4n) is 3.23. The molecule has 2 aromatic heterocycles. The molecule has 6 heteroatoms. The summed E-state index contributed by atoms with van der Waals surface area (Å²) in [6, 6.07) is 8.50. The van der Waals surface area contributed by atoms with Gasteiger partial charge in [0.25, 0.3) is 0 Å². The van der Waals surface area contributed by atoms with Gasteiger partial charge in [-0.2, -0.15) is 0 Å². The fraction of sp³-hybridized carbons (Fsp3) is 0.316. The maximum atomic E-state index is 13.3. The number of hydrogen-bond acceptors (Lipinski definition) is 5. The highest BCUT2D eigenvalue weighted by molar-refractivity contribution is 5.39. The molecule has 5 nitrogen and oxygen atoms in total. The Kier molecular flexibility index (Phi) is 4.17. The number of aryl methyl sites for hydroxylation is 1. The zero-order valence-corrected chi connectivity index (χ0v) is 14.0. The monoisotopic (exact) mass is 338 g/mol. The predicted octanol–water partition coefficient (Wildman–Crippen LogP) is 3.50. The van der Waals surface area contributed by atoms with Crippen molar-refractivity contribution >= 4 is 5.82 Å². The second-order valence-corrected chi connectivity index (χ2v) is 6.37. The first-order valence-electron chi connectivity index (χ1n) is 8.41. The van der Waals surface area contributed by atoms with Crippen molar-refractivity contribution in [2.75, 3.05) is 18.0 Å². The average Bonchev–Trinajstić information content (AvgIpc) is 3.24. The molecule has 1 atom stereocenters. The van der Waals surface area contributed by atoms with E-state index in [-0.39, 0.29) is 11.7 Å². The Hall–Kier alpha value is -2.76. The van der Waals surface area contributed by atoms with Gasteiger partial charge in [-0.3, -0.25) is 0 Å². The van der Waals surface area contributed by atoms with Gasteiger partial charge in [-0.1, -0.05) is 12.1 Å². The summed E-state index contributed by atoms with van der Waals surface area (Å²) < 4.78 is 19.2. The van der Waals surface area contributed by atoms with Gasteiger partial charge in [-0.25, -0.2) is 19.3 Å². The molecule has 3 aromatic rings. The highest BCUT2D eigenvalue weighted by Gasteiger charge is 2.28. The van der Waals surface area contributed by atoms with Crippen LogP contribution in [0.3, 0.4) is 0 Å². The molecule has 0 aliphatic carbocycles. The molecule has 0 amide bonds. The largest absolute Gasteiger partial charge is 0.445 e. The normalized spacial score (nSPS) is 17.2. The van der Waals surface area contributed by atoms with E-state index >= 15 is 0 Å². The van der Waals surface area contributed by atoms with E-state index in [1.165, 1.54) is 12.1 Å². The summed E-state index contributed by atoms with van der Waals surface area (Å²) in [4.78, 5) is 15.3. The van der Waals surface area contributed by atoms with Gasteiger partial charge >= 0.3 is 0 Å². The van der Waals surface area contributed by atoms with Gasteiger partial charge in [0.1, 0.15) is 23.2 Å². The van der Waals surface area contributed by atoms with Crippen LogP contribution in [0.4, 0.5) is 10.2 Å². The van der Waals surface area contributed by atoms with Crippen LogP contribution in [-0.2, 0) is 6.42 Å². The number of benzene rings is 1. The lowest BCUT2D eigenvalue weighted by molar-refractivity contribution is 0.432. The molecule has 1 saturated heterocycles. The Balaban J connectivity index is 1.44. The van der Waals surface area contributed by atoms with Crippen LogP contribution in [0.25, 0.3) is 0 Å². The van der Waals surface area contributed by atoms with Crippen LogP contribution in [0.2, 0.25) is 0 Å². The van der Waals surface area contributed by atoms with Crippen LogP contribution >= 0.6 is 0 Å². The predicted molar refractivity (Wildman–Crippen MR) is 92.0 cm³/mol. The highest BCUT2D eigenvalue weighted by atomic mass is 19.1. The third-order valence-electron chi connectivity index (χ3n) is 4.46. The molecule has 0 spiro atoms. The van der Waals surface area contributed by atoms with Crippen molar-refractivity contribution < 1.29 is 8.81 Å². The summed E-state index contributed by atoms with van der Waals surface area (Å²) in [7, 11) is 0. The number of rotatable bonds is 4. The number of oxazole rings is 1. The number of halogens is 1. The van der Waals surface area contributed by atoms with E-state index in [0.717, 1.165) is 48.4 Å². The van der Waals surface area contributed by atoms with Crippen LogP contribution < -0.4 is 4.90 Å². The van der Waals surface area contributed by atoms with Crippen molar-refractivity contribution in [1.82, 2.24) is 15.0 Å². The second-order valence-electron chi connectivity index (χ2n) is 6.37. The Labute approximate surface area is 145 Å². The number of nitrogens with zero attached hydrogens (tertiary/aromatic N) is 4. The molecule has 0 saturated carbocycles. The maximum Gasteiger partial charge on any atom is 0.199 e. The van der Waals surface area contributed by atoms with Crippen LogP contribution in [0.15, 0.2) is 47.1 Å². The summed E-state index contributed by atoms with van der Waals surface area (Å²) in [5.41, 5.74) is 0.882. The average molecular weight is 338 g/mol. The standard InChI is InChI=1S/C19H19FN4O/c1-13-21-7-5-18(23-13)24-8-6-15(12-24)19-22-11-17(25-19)10-14-3-2-4-16(20)9-14/h2-5,7,9,11,15H,6,8,10,12H2,1H3/t15-/m0/s1. The minimum Gasteiger partial charge on any atom is -0.445 e. The molecular weight excluding hydrogens is 319 g/mol. The molecule has 3 heterocycles. The van der Waals surface area contributed by atoms with Crippen LogP contribution in [0, 0.1) is 12.7 Å². The van der Waals surface area contributed by atoms with Crippen molar-refractivity contribution in [1.29, 1.82) is 0 Å². The number of hydrogen-bond donors (Lipinski definition) is 0. The first-order valence-corrected chi connectivity index (χ1v) is 8.41. The summed E-state index contributed by atoms with van der Waals surface area (Å²) in [5, 5.41) is 0. The zero-order valence-electron chi connectivity index (χ0n) is 14.0. The third-order valence-corrected chi connectivity index (χ3v) is 4.46. The molecule has 1 aromatic carbocycles. The van der Waals surface area contributed by atoms with Gasteiger partial charge in [0.05, 0.1) is 12.1 Å². The SMILES string of the molecule is Cc1nccc(N2CC[C@H](c3ncc(Cc4cccc(F)c4)o3)C2)n1. The molecular formula is C19H19FN4O. The van der Waals surface area contributed by atoms with Crippen LogP contribution in [-0.4, -0.2) is 28.0 Å². The zero-order chi connectivity index (χ0) is 17.2. The van der Waals surface area contributed by atoms with Crippen molar-refractivity contribution in [2.24, 2.45) is 0 Å². The second kappa shape index (κ2) is 6.63. The van der Waals surface area contributed by atoms with Gasteiger partial charge < -0.3 is 9.32 Å². The van der Waals surface area contributed by atoms with Gasteiger partial charge in [0.2, 0.25) is 0 Å². The first kappa shape index (κ1) is 15.7. The summed E-state index contributed by atoms with van der Waals surface area (Å²) in [6.07, 6.45) is 5.06. The van der Waals surface area contributed by atoms with E-state index in [9.17, 15) is 4.39 Å². The Morgan fingerprint density at radius 2 is 2.20 bits per heavy atom. The Bertz CT molecular complexity index is 879. The minimum absolute atomic E-state index is 0.233. The van der Waals surface area contributed by atoms with Crippen molar-refractivity contribution in [2.45, 2.75) is 25.7 Å². The molecule has 0 radical (unpaired) electrons. The van der Waals surface area contributed by atoms with E-state index in [2.05, 4.69) is 19.9 Å². The molecule has 25 heavy (non-hydrogen) atoms. The summed E-state index contributed by atoms with van der Waals surface area (Å²) in [5.74, 6) is 3.24. The number of aromatic nitrogens is 3. The molecule has 0 unspecified atom stereocenters. The summed E-state index contributed by atoms with van der Waals surface area (Å²) >= 11 is 0. The summed E-state index contributed by atoms with van der Waals surface area (Å²) in [6.45, 7) is 3.64. The first-order chi connectivity index (χ1) is 12.2. The van der Waals surface area contributed by atoms with Gasteiger partial charge in [0.15, 0.2) is 5.89 Å². The molecule has 1 aliphatic rings. The molecule has 0 bridgehead atoms. The Morgan fingerprint density at radius 3 is 3.04 bits per heavy atom. The smallest absolute Gasteiger partial charge is 0.199 e. The van der Waals surface area contributed by atoms with Gasteiger partial charge in [-0.15, -0.1) is 0 Å². The molecule has 0 N–H and O–H groups in total. The molecule has 1 aliphatic heterocycles. The van der Waals surface area contributed by atoms with Crippen LogP contribution in [0.1, 0.15) is 35.4 Å². The molecule has 1 fully saturated rings. The molecule has 128 valence electrons. The van der Waals surface area contributed by atoms with E-state index in [1.54, 1.807) is 18.5 Å². The van der Waals surface area contributed by atoms with E-state index in [1.807, 2.05) is 19.1 Å². The maximum absolute atomic E-state index is 13.3. The molecule has 4 rings (SSSR count). The fourth-order valence-corrected chi connectivity index (χ4v) is 3.23. The third kappa shape index (κ3) is 3.52. The van der Waals surface area contributed by atoms with Gasteiger partial charge in [-0.05, 0) is 37.1 Å². The minimum atomic E-state index is -0.233. The van der Waals surface area contributed by atoms with E-state index in [0.29, 0.717) is 6.42 Å².